The number of aromatic nitrogens is 3. The number of benzene rings is 3. The molecule has 0 fully saturated rings. The predicted molar refractivity (Wildman–Crippen MR) is 147 cm³/mol. The fourth-order valence-electron chi connectivity index (χ4n) is 3.48. The molecule has 192 valence electrons. The lowest BCUT2D eigenvalue weighted by molar-refractivity contribution is -0.385. The van der Waals surface area contributed by atoms with Crippen molar-refractivity contribution in [3.05, 3.63) is 101 Å². The highest BCUT2D eigenvalue weighted by atomic mass is 32.2. The average Bonchev–Trinajstić information content (AvgIpc) is 3.37. The van der Waals surface area contributed by atoms with E-state index >= 15 is 0 Å². The number of carbonyl (C=O) groups excluding carboxylic acids is 1. The average molecular weight is 529 g/mol. The Labute approximate surface area is 223 Å². The SMILES string of the molecule is CCOc1ccc(-n2c(SCC(=O)N/N=C/C=C\c3ccccc3[N+](=O)[O-])nnc2-c2ccccc2)cc1. The van der Waals surface area contributed by atoms with Crippen molar-refractivity contribution < 1.29 is 14.5 Å². The molecule has 0 unspecified atom stereocenters. The maximum Gasteiger partial charge on any atom is 0.276 e. The van der Waals surface area contributed by atoms with Crippen molar-refractivity contribution in [3.63, 3.8) is 0 Å². The van der Waals surface area contributed by atoms with E-state index in [0.29, 0.717) is 23.2 Å². The van der Waals surface area contributed by atoms with Crippen LogP contribution in [0.5, 0.6) is 5.75 Å². The number of para-hydroxylation sites is 1. The van der Waals surface area contributed by atoms with Gasteiger partial charge < -0.3 is 4.74 Å². The molecule has 1 N–H and O–H groups in total. The smallest absolute Gasteiger partial charge is 0.276 e. The number of nitrogens with zero attached hydrogens (tertiary/aromatic N) is 5. The van der Waals surface area contributed by atoms with Crippen molar-refractivity contribution in [1.82, 2.24) is 20.2 Å². The maximum absolute atomic E-state index is 12.4. The molecule has 0 saturated carbocycles. The first kappa shape index (κ1) is 26.3. The maximum atomic E-state index is 12.4. The second kappa shape index (κ2) is 13.0. The van der Waals surface area contributed by atoms with Gasteiger partial charge in [-0.3, -0.25) is 19.5 Å². The Bertz CT molecular complexity index is 1450. The normalized spacial score (nSPS) is 11.2. The van der Waals surface area contributed by atoms with Crippen molar-refractivity contribution in [3.8, 4) is 22.8 Å². The standard InChI is InChI=1S/C27H24N6O4S/c1-2-37-23-16-14-22(15-17-23)32-26(21-10-4-3-5-11-21)30-31-27(32)38-19-25(34)29-28-18-8-12-20-9-6-7-13-24(20)33(35)36/h3-18H,2,19H2,1H3,(H,29,34)/b12-8-,28-18+. The van der Waals surface area contributed by atoms with E-state index in [2.05, 4.69) is 20.7 Å². The highest BCUT2D eigenvalue weighted by Crippen LogP contribution is 2.29. The molecule has 38 heavy (non-hydrogen) atoms. The molecule has 1 aromatic heterocycles. The Morgan fingerprint density at radius 1 is 1.08 bits per heavy atom. The molecule has 3 aromatic carbocycles. The highest BCUT2D eigenvalue weighted by Gasteiger charge is 2.17. The van der Waals surface area contributed by atoms with E-state index in [1.807, 2.05) is 66.1 Å². The first-order valence-corrected chi connectivity index (χ1v) is 12.6. The van der Waals surface area contributed by atoms with Gasteiger partial charge in [-0.25, -0.2) is 5.43 Å². The molecule has 0 aliphatic carbocycles. The third kappa shape index (κ3) is 6.71. The van der Waals surface area contributed by atoms with Crippen LogP contribution in [0.15, 0.2) is 95.2 Å². The number of hydrazone groups is 1. The zero-order valence-electron chi connectivity index (χ0n) is 20.4. The van der Waals surface area contributed by atoms with E-state index in [-0.39, 0.29) is 17.3 Å². The second-order valence-electron chi connectivity index (χ2n) is 7.71. The molecule has 0 aliphatic heterocycles. The quantitative estimate of drug-likeness (QED) is 0.124. The summed E-state index contributed by atoms with van der Waals surface area (Å²) >= 11 is 1.22. The van der Waals surface area contributed by atoms with Crippen molar-refractivity contribution >= 4 is 35.6 Å². The fourth-order valence-corrected chi connectivity index (χ4v) is 4.23. The zero-order chi connectivity index (χ0) is 26.7. The number of thioether (sulfide) groups is 1. The minimum Gasteiger partial charge on any atom is -0.494 e. The van der Waals surface area contributed by atoms with Crippen LogP contribution in [0.3, 0.4) is 0 Å². The zero-order valence-corrected chi connectivity index (χ0v) is 21.2. The number of rotatable bonds is 11. The van der Waals surface area contributed by atoms with Crippen LogP contribution in [-0.2, 0) is 4.79 Å². The predicted octanol–water partition coefficient (Wildman–Crippen LogP) is 5.15. The molecule has 0 atom stereocenters. The van der Waals surface area contributed by atoms with Crippen molar-refractivity contribution in [2.75, 3.05) is 12.4 Å². The topological polar surface area (TPSA) is 125 Å². The van der Waals surface area contributed by atoms with Crippen molar-refractivity contribution in [2.45, 2.75) is 12.1 Å². The van der Waals surface area contributed by atoms with Gasteiger partial charge >= 0.3 is 0 Å². The number of nitro benzene ring substituents is 1. The van der Waals surface area contributed by atoms with Gasteiger partial charge in [0, 0.05) is 23.5 Å². The molecule has 4 rings (SSSR count). The van der Waals surface area contributed by atoms with Crippen LogP contribution in [0.1, 0.15) is 12.5 Å². The number of nitro groups is 1. The molecule has 0 radical (unpaired) electrons. The molecule has 11 heteroatoms. The first-order valence-electron chi connectivity index (χ1n) is 11.7. The van der Waals surface area contributed by atoms with Gasteiger partial charge in [0.2, 0.25) is 0 Å². The van der Waals surface area contributed by atoms with E-state index in [1.54, 1.807) is 24.3 Å². The highest BCUT2D eigenvalue weighted by molar-refractivity contribution is 7.99. The molecule has 1 heterocycles. The first-order chi connectivity index (χ1) is 18.6. The van der Waals surface area contributed by atoms with Gasteiger partial charge in [-0.1, -0.05) is 54.2 Å². The number of hydrogen-bond donors (Lipinski definition) is 1. The Morgan fingerprint density at radius 2 is 1.82 bits per heavy atom. The van der Waals surface area contributed by atoms with Crippen LogP contribution in [0, 0.1) is 10.1 Å². The van der Waals surface area contributed by atoms with Gasteiger partial charge in [0.25, 0.3) is 11.6 Å². The van der Waals surface area contributed by atoms with Gasteiger partial charge in [0.1, 0.15) is 5.75 Å². The lowest BCUT2D eigenvalue weighted by atomic mass is 10.2. The van der Waals surface area contributed by atoms with Crippen LogP contribution in [0.25, 0.3) is 23.2 Å². The molecular weight excluding hydrogens is 504 g/mol. The van der Waals surface area contributed by atoms with Crippen LogP contribution in [0.2, 0.25) is 0 Å². The summed E-state index contributed by atoms with van der Waals surface area (Å²) in [6, 6.07) is 23.6. The number of nitrogens with one attached hydrogen (secondary N) is 1. The molecule has 4 aromatic rings. The van der Waals surface area contributed by atoms with Crippen LogP contribution in [0.4, 0.5) is 5.69 Å². The van der Waals surface area contributed by atoms with Crippen molar-refractivity contribution in [1.29, 1.82) is 0 Å². The van der Waals surface area contributed by atoms with E-state index < -0.39 is 4.92 Å². The summed E-state index contributed by atoms with van der Waals surface area (Å²) in [5.41, 5.74) is 4.60. The van der Waals surface area contributed by atoms with Gasteiger partial charge in [0.05, 0.1) is 22.8 Å². The van der Waals surface area contributed by atoms with Gasteiger partial charge in [0.15, 0.2) is 11.0 Å². The minimum absolute atomic E-state index is 0.0101. The number of allylic oxidation sites excluding steroid dienone is 1. The van der Waals surface area contributed by atoms with Crippen molar-refractivity contribution in [2.24, 2.45) is 5.10 Å². The number of hydrogen-bond acceptors (Lipinski definition) is 8. The molecule has 10 nitrogen and oxygen atoms in total. The van der Waals surface area contributed by atoms with E-state index in [1.165, 1.54) is 30.1 Å². The fraction of sp³-hybridized carbons (Fsp3) is 0.111. The van der Waals surface area contributed by atoms with E-state index in [9.17, 15) is 14.9 Å². The lowest BCUT2D eigenvalue weighted by Gasteiger charge is -2.11. The summed E-state index contributed by atoms with van der Waals surface area (Å²) in [5, 5.41) is 24.2. The number of amides is 1. The lowest BCUT2D eigenvalue weighted by Crippen LogP contribution is -2.19. The second-order valence-corrected chi connectivity index (χ2v) is 8.65. The summed E-state index contributed by atoms with van der Waals surface area (Å²) in [5.74, 6) is 1.12. The molecule has 1 amide bonds. The number of ether oxygens (including phenoxy) is 1. The third-order valence-electron chi connectivity index (χ3n) is 5.16. The number of carbonyl (C=O) groups is 1. The summed E-state index contributed by atoms with van der Waals surface area (Å²) in [6.07, 6.45) is 4.42. The van der Waals surface area contributed by atoms with Crippen LogP contribution < -0.4 is 10.2 Å². The Morgan fingerprint density at radius 3 is 2.55 bits per heavy atom. The summed E-state index contributed by atoms with van der Waals surface area (Å²) in [4.78, 5) is 23.0. The van der Waals surface area contributed by atoms with Crippen LogP contribution in [-0.4, -0.2) is 44.2 Å². The van der Waals surface area contributed by atoms with Gasteiger partial charge in [-0.2, -0.15) is 5.10 Å². The Kier molecular flexibility index (Phi) is 8.98. The molecule has 0 aliphatic rings. The summed E-state index contributed by atoms with van der Waals surface area (Å²) < 4.78 is 7.44. The third-order valence-corrected chi connectivity index (χ3v) is 6.09. The molecule has 0 saturated heterocycles. The van der Waals surface area contributed by atoms with Crippen LogP contribution >= 0.6 is 11.8 Å². The molecule has 0 spiro atoms. The van der Waals surface area contributed by atoms with E-state index in [0.717, 1.165) is 17.0 Å². The minimum atomic E-state index is -0.453. The molecule has 0 bridgehead atoms. The molecular formula is C27H24N6O4S. The summed E-state index contributed by atoms with van der Waals surface area (Å²) in [7, 11) is 0. The van der Waals surface area contributed by atoms with E-state index in [4.69, 9.17) is 4.74 Å². The Balaban J connectivity index is 1.43. The monoisotopic (exact) mass is 528 g/mol. The summed E-state index contributed by atoms with van der Waals surface area (Å²) in [6.45, 7) is 2.50. The van der Waals surface area contributed by atoms with Gasteiger partial charge in [-0.05, 0) is 49.4 Å². The Hall–Kier alpha value is -4.77. The largest absolute Gasteiger partial charge is 0.494 e. The van der Waals surface area contributed by atoms with Gasteiger partial charge in [-0.15, -0.1) is 10.2 Å².